The third kappa shape index (κ3) is 3.79. The van der Waals surface area contributed by atoms with Crippen molar-refractivity contribution in [1.82, 2.24) is 29.8 Å². The van der Waals surface area contributed by atoms with Crippen LogP contribution < -0.4 is 5.32 Å². The van der Waals surface area contributed by atoms with Crippen LogP contribution in [0.2, 0.25) is 0 Å². The molecule has 1 aliphatic rings. The van der Waals surface area contributed by atoms with Crippen LogP contribution in [0.4, 0.5) is 0 Å². The van der Waals surface area contributed by atoms with Gasteiger partial charge in [-0.1, -0.05) is 13.8 Å². The van der Waals surface area contributed by atoms with Gasteiger partial charge in [0.15, 0.2) is 0 Å². The van der Waals surface area contributed by atoms with E-state index in [-0.39, 0.29) is 5.91 Å². The van der Waals surface area contributed by atoms with Crippen LogP contribution in [0.15, 0.2) is 18.5 Å². The predicted octanol–water partition coefficient (Wildman–Crippen LogP) is 1.02. The van der Waals surface area contributed by atoms with E-state index in [9.17, 15) is 4.79 Å². The lowest BCUT2D eigenvalue weighted by molar-refractivity contribution is 0.0950. The Morgan fingerprint density at radius 2 is 2.22 bits per heavy atom. The molecule has 124 valence electrons. The summed E-state index contributed by atoms with van der Waals surface area (Å²) >= 11 is 0. The van der Waals surface area contributed by atoms with E-state index in [0.29, 0.717) is 18.0 Å². The fourth-order valence-electron chi connectivity index (χ4n) is 2.95. The number of nitrogens with zero attached hydrogens (tertiary/aromatic N) is 5. The van der Waals surface area contributed by atoms with Crippen molar-refractivity contribution in [2.75, 3.05) is 13.1 Å². The van der Waals surface area contributed by atoms with Gasteiger partial charge in [-0.25, -0.2) is 0 Å². The number of rotatable bonds is 5. The molecule has 23 heavy (non-hydrogen) atoms. The van der Waals surface area contributed by atoms with E-state index < -0.39 is 0 Å². The highest BCUT2D eigenvalue weighted by Crippen LogP contribution is 2.15. The molecule has 0 atom stereocenters. The number of nitrogens with one attached hydrogen (secondary N) is 1. The first-order chi connectivity index (χ1) is 11.0. The van der Waals surface area contributed by atoms with Gasteiger partial charge in [-0.3, -0.25) is 19.1 Å². The van der Waals surface area contributed by atoms with E-state index in [1.807, 2.05) is 0 Å². The van der Waals surface area contributed by atoms with Crippen LogP contribution in [-0.2, 0) is 26.7 Å². The highest BCUT2D eigenvalue weighted by molar-refractivity contribution is 5.93. The van der Waals surface area contributed by atoms with Gasteiger partial charge in [-0.05, 0) is 12.0 Å². The number of hydrogen-bond donors (Lipinski definition) is 1. The smallest absolute Gasteiger partial charge is 0.254 e. The minimum atomic E-state index is -0.120. The molecule has 0 bridgehead atoms. The average molecular weight is 316 g/mol. The second-order valence-electron chi connectivity index (χ2n) is 6.56. The predicted molar refractivity (Wildman–Crippen MR) is 86.7 cm³/mol. The van der Waals surface area contributed by atoms with Gasteiger partial charge < -0.3 is 5.32 Å². The molecule has 7 heteroatoms. The lowest BCUT2D eigenvalue weighted by Crippen LogP contribution is -2.36. The maximum absolute atomic E-state index is 12.0. The van der Waals surface area contributed by atoms with Crippen LogP contribution in [0.25, 0.3) is 0 Å². The Morgan fingerprint density at radius 3 is 2.91 bits per heavy atom. The lowest BCUT2D eigenvalue weighted by atomic mass is 10.2. The van der Waals surface area contributed by atoms with Gasteiger partial charge in [0, 0.05) is 32.9 Å². The number of hydrogen-bond acceptors (Lipinski definition) is 4. The molecule has 0 fully saturated rings. The fraction of sp³-hybridized carbons (Fsp3) is 0.562. The first kappa shape index (κ1) is 15.7. The van der Waals surface area contributed by atoms with Crippen molar-refractivity contribution >= 4 is 5.91 Å². The minimum Gasteiger partial charge on any atom is -0.346 e. The van der Waals surface area contributed by atoms with Gasteiger partial charge in [0.1, 0.15) is 0 Å². The summed E-state index contributed by atoms with van der Waals surface area (Å²) in [4.78, 5) is 14.5. The average Bonchev–Trinajstić information content (AvgIpc) is 3.09. The van der Waals surface area contributed by atoms with Crippen LogP contribution in [0, 0.1) is 5.92 Å². The molecule has 3 rings (SSSR count). The topological polar surface area (TPSA) is 68.0 Å². The first-order valence-electron chi connectivity index (χ1n) is 8.06. The van der Waals surface area contributed by atoms with Crippen LogP contribution in [0.1, 0.15) is 35.6 Å². The number of carbonyl (C=O) groups is 1. The molecular formula is C16H24N6O. The molecule has 1 amide bonds. The summed E-state index contributed by atoms with van der Waals surface area (Å²) in [5.41, 5.74) is 2.70. The maximum atomic E-state index is 12.0. The Morgan fingerprint density at radius 1 is 1.39 bits per heavy atom. The minimum absolute atomic E-state index is 0.120. The summed E-state index contributed by atoms with van der Waals surface area (Å²) in [7, 11) is 1.79. The monoisotopic (exact) mass is 316 g/mol. The third-order valence-corrected chi connectivity index (χ3v) is 3.95. The Labute approximate surface area is 136 Å². The van der Waals surface area contributed by atoms with E-state index in [1.54, 1.807) is 24.1 Å². The standard InChI is InChI=1S/C16H24N6O/c1-12(2)9-21-4-5-22-15(11-21)6-14(19-22)8-17-16(23)13-7-18-20(3)10-13/h6-7,10,12H,4-5,8-9,11H2,1-3H3,(H,17,23). The summed E-state index contributed by atoms with van der Waals surface area (Å²) in [5.74, 6) is 0.549. The molecule has 0 saturated carbocycles. The van der Waals surface area contributed by atoms with Gasteiger partial charge in [0.25, 0.3) is 5.91 Å². The van der Waals surface area contributed by atoms with Crippen molar-refractivity contribution in [3.8, 4) is 0 Å². The second-order valence-corrected chi connectivity index (χ2v) is 6.56. The Bertz CT molecular complexity index is 687. The second kappa shape index (κ2) is 6.54. The van der Waals surface area contributed by atoms with Crippen LogP contribution in [0.3, 0.4) is 0 Å². The molecule has 0 unspecified atom stereocenters. The molecule has 0 aliphatic carbocycles. The third-order valence-electron chi connectivity index (χ3n) is 3.95. The maximum Gasteiger partial charge on any atom is 0.254 e. The number of carbonyl (C=O) groups excluding carboxylic acids is 1. The zero-order chi connectivity index (χ0) is 16.4. The van der Waals surface area contributed by atoms with Crippen LogP contribution in [0.5, 0.6) is 0 Å². The van der Waals surface area contributed by atoms with Crippen molar-refractivity contribution in [2.45, 2.75) is 33.5 Å². The van der Waals surface area contributed by atoms with E-state index in [2.05, 4.69) is 45.0 Å². The molecule has 2 aromatic rings. The molecule has 0 aromatic carbocycles. The first-order valence-corrected chi connectivity index (χ1v) is 8.06. The molecule has 1 aliphatic heterocycles. The Hall–Kier alpha value is -2.15. The normalized spacial score (nSPS) is 15.0. The van der Waals surface area contributed by atoms with Gasteiger partial charge in [0.2, 0.25) is 0 Å². The number of amides is 1. The highest BCUT2D eigenvalue weighted by atomic mass is 16.1. The summed E-state index contributed by atoms with van der Waals surface area (Å²) < 4.78 is 3.68. The van der Waals surface area contributed by atoms with Crippen molar-refractivity contribution in [1.29, 1.82) is 0 Å². The summed E-state index contributed by atoms with van der Waals surface area (Å²) in [5, 5.41) is 11.5. The summed E-state index contributed by atoms with van der Waals surface area (Å²) in [6.07, 6.45) is 3.27. The van der Waals surface area contributed by atoms with E-state index in [4.69, 9.17) is 0 Å². The quantitative estimate of drug-likeness (QED) is 0.894. The van der Waals surface area contributed by atoms with E-state index in [1.165, 1.54) is 5.69 Å². The molecule has 3 heterocycles. The van der Waals surface area contributed by atoms with Gasteiger partial charge in [-0.15, -0.1) is 0 Å². The lowest BCUT2D eigenvalue weighted by Gasteiger charge is -2.28. The summed E-state index contributed by atoms with van der Waals surface area (Å²) in [6.45, 7) is 8.92. The molecule has 0 saturated heterocycles. The van der Waals surface area contributed by atoms with Gasteiger partial charge in [-0.2, -0.15) is 10.2 Å². The Kier molecular flexibility index (Phi) is 4.47. The van der Waals surface area contributed by atoms with Gasteiger partial charge >= 0.3 is 0 Å². The number of fused-ring (bicyclic) bond motifs is 1. The van der Waals surface area contributed by atoms with Crippen molar-refractivity contribution in [2.24, 2.45) is 13.0 Å². The van der Waals surface area contributed by atoms with Crippen LogP contribution >= 0.6 is 0 Å². The molecule has 2 aromatic heterocycles. The number of aromatic nitrogens is 4. The van der Waals surface area contributed by atoms with Crippen LogP contribution in [-0.4, -0.2) is 43.5 Å². The zero-order valence-electron chi connectivity index (χ0n) is 14.0. The molecule has 0 spiro atoms. The Balaban J connectivity index is 1.58. The zero-order valence-corrected chi connectivity index (χ0v) is 14.0. The van der Waals surface area contributed by atoms with E-state index >= 15 is 0 Å². The van der Waals surface area contributed by atoms with Crippen molar-refractivity contribution < 1.29 is 4.79 Å². The van der Waals surface area contributed by atoms with Gasteiger partial charge in [0.05, 0.1) is 36.2 Å². The van der Waals surface area contributed by atoms with Crippen molar-refractivity contribution in [3.05, 3.63) is 35.4 Å². The number of aryl methyl sites for hydroxylation is 1. The molecule has 7 nitrogen and oxygen atoms in total. The fourth-order valence-corrected chi connectivity index (χ4v) is 2.95. The largest absolute Gasteiger partial charge is 0.346 e. The highest BCUT2D eigenvalue weighted by Gasteiger charge is 2.19. The SMILES string of the molecule is CC(C)CN1CCn2nc(CNC(=O)c3cnn(C)c3)cc2C1. The summed E-state index contributed by atoms with van der Waals surface area (Å²) in [6, 6.07) is 2.09. The van der Waals surface area contributed by atoms with E-state index in [0.717, 1.165) is 31.9 Å². The van der Waals surface area contributed by atoms with Crippen molar-refractivity contribution in [3.63, 3.8) is 0 Å². The molecule has 1 N–H and O–H groups in total. The molecular weight excluding hydrogens is 292 g/mol. The molecule has 0 radical (unpaired) electrons.